The van der Waals surface area contributed by atoms with Gasteiger partial charge in [-0.3, -0.25) is 0 Å². The maximum absolute atomic E-state index is 4.51. The lowest BCUT2D eigenvalue weighted by Gasteiger charge is -2.21. The number of anilines is 1. The summed E-state index contributed by atoms with van der Waals surface area (Å²) >= 11 is 0. The summed E-state index contributed by atoms with van der Waals surface area (Å²) in [5.74, 6) is 1.01. The topological polar surface area (TPSA) is 32.3 Å². The zero-order chi connectivity index (χ0) is 16.1. The van der Waals surface area contributed by atoms with Gasteiger partial charge < -0.3 is 9.80 Å². The van der Waals surface area contributed by atoms with Crippen LogP contribution in [0.15, 0.2) is 36.4 Å². The van der Waals surface area contributed by atoms with Crippen molar-refractivity contribution in [3.8, 4) is 11.3 Å². The molecular weight excluding hydrogens is 284 g/mol. The number of aromatic nitrogens is 2. The summed E-state index contributed by atoms with van der Waals surface area (Å²) in [5.41, 5.74) is 3.42. The summed E-state index contributed by atoms with van der Waals surface area (Å²) in [6.07, 6.45) is 5.18. The third kappa shape index (κ3) is 4.08. The van der Waals surface area contributed by atoms with Crippen molar-refractivity contribution < 1.29 is 0 Å². The molecule has 1 aliphatic rings. The lowest BCUT2D eigenvalue weighted by Crippen LogP contribution is -2.25. The fourth-order valence-electron chi connectivity index (χ4n) is 3.19. The van der Waals surface area contributed by atoms with E-state index in [1.165, 1.54) is 36.8 Å². The number of hydrogen-bond donors (Lipinski definition) is 0. The Morgan fingerprint density at radius 3 is 2.30 bits per heavy atom. The highest BCUT2D eigenvalue weighted by molar-refractivity contribution is 5.64. The molecular formula is C19H26N4. The van der Waals surface area contributed by atoms with Crippen LogP contribution < -0.4 is 4.90 Å². The predicted molar refractivity (Wildman–Crippen MR) is 95.5 cm³/mol. The highest BCUT2D eigenvalue weighted by Gasteiger charge is 2.13. The highest BCUT2D eigenvalue weighted by Crippen LogP contribution is 2.24. The van der Waals surface area contributed by atoms with Crippen LogP contribution in [0.2, 0.25) is 0 Å². The Hall–Kier alpha value is -1.94. The van der Waals surface area contributed by atoms with E-state index in [4.69, 9.17) is 0 Å². The molecule has 1 aromatic heterocycles. The van der Waals surface area contributed by atoms with E-state index in [1.54, 1.807) is 0 Å². The molecule has 0 spiro atoms. The summed E-state index contributed by atoms with van der Waals surface area (Å²) in [5, 5.41) is 9.02. The van der Waals surface area contributed by atoms with Crippen molar-refractivity contribution in [3.05, 3.63) is 42.0 Å². The number of hydrogen-bond acceptors (Lipinski definition) is 4. The van der Waals surface area contributed by atoms with Crippen molar-refractivity contribution in [3.63, 3.8) is 0 Å². The summed E-state index contributed by atoms with van der Waals surface area (Å²) in [7, 11) is 4.18. The quantitative estimate of drug-likeness (QED) is 0.864. The van der Waals surface area contributed by atoms with Crippen LogP contribution in [0.1, 0.15) is 31.2 Å². The molecule has 4 heteroatoms. The molecule has 1 aliphatic heterocycles. The molecule has 0 N–H and O–H groups in total. The molecule has 2 aromatic rings. The van der Waals surface area contributed by atoms with Gasteiger partial charge in [-0.05, 0) is 44.6 Å². The Balaban J connectivity index is 1.82. The average Bonchev–Trinajstić information content (AvgIpc) is 2.84. The second kappa shape index (κ2) is 7.55. The number of nitrogens with zero attached hydrogens (tertiary/aromatic N) is 4. The predicted octanol–water partition coefficient (Wildman–Crippen LogP) is 3.59. The fourth-order valence-corrected chi connectivity index (χ4v) is 3.19. The van der Waals surface area contributed by atoms with Gasteiger partial charge in [0.15, 0.2) is 5.82 Å². The van der Waals surface area contributed by atoms with Crippen LogP contribution in [0.3, 0.4) is 0 Å². The van der Waals surface area contributed by atoms with Gasteiger partial charge in [-0.1, -0.05) is 37.1 Å². The van der Waals surface area contributed by atoms with Crippen molar-refractivity contribution in [2.24, 2.45) is 0 Å². The van der Waals surface area contributed by atoms with Gasteiger partial charge in [0.25, 0.3) is 0 Å². The molecule has 23 heavy (non-hydrogen) atoms. The van der Waals surface area contributed by atoms with E-state index in [2.05, 4.69) is 70.5 Å². The first-order valence-electron chi connectivity index (χ1n) is 8.56. The van der Waals surface area contributed by atoms with E-state index < -0.39 is 0 Å². The number of rotatable bonds is 4. The standard InChI is InChI=1S/C19H26N4/c1-22(2)15-16-9-5-6-10-17(16)18-11-12-19(21-20-18)23-13-7-3-4-8-14-23/h5-6,9-12H,3-4,7-8,13-15H2,1-2H3. The van der Waals surface area contributed by atoms with Gasteiger partial charge in [0.05, 0.1) is 5.69 Å². The van der Waals surface area contributed by atoms with Gasteiger partial charge in [0, 0.05) is 25.2 Å². The molecule has 4 nitrogen and oxygen atoms in total. The van der Waals surface area contributed by atoms with Crippen molar-refractivity contribution in [1.29, 1.82) is 0 Å². The SMILES string of the molecule is CN(C)Cc1ccccc1-c1ccc(N2CCCCCC2)nn1. The number of benzene rings is 1. The second-order valence-corrected chi connectivity index (χ2v) is 6.57. The molecule has 1 fully saturated rings. The van der Waals surface area contributed by atoms with Crippen molar-refractivity contribution in [2.75, 3.05) is 32.1 Å². The maximum Gasteiger partial charge on any atom is 0.151 e. The first-order valence-corrected chi connectivity index (χ1v) is 8.56. The molecule has 0 unspecified atom stereocenters. The van der Waals surface area contributed by atoms with Gasteiger partial charge in [-0.25, -0.2) is 0 Å². The maximum atomic E-state index is 4.51. The molecule has 3 rings (SSSR count). The zero-order valence-electron chi connectivity index (χ0n) is 14.2. The van der Waals surface area contributed by atoms with Crippen LogP contribution in [0.4, 0.5) is 5.82 Å². The van der Waals surface area contributed by atoms with E-state index in [-0.39, 0.29) is 0 Å². The van der Waals surface area contributed by atoms with Crippen LogP contribution in [-0.2, 0) is 6.54 Å². The summed E-state index contributed by atoms with van der Waals surface area (Å²) < 4.78 is 0. The first kappa shape index (κ1) is 15.9. The minimum Gasteiger partial charge on any atom is -0.355 e. The smallest absolute Gasteiger partial charge is 0.151 e. The molecule has 0 radical (unpaired) electrons. The minimum atomic E-state index is 0.908. The van der Waals surface area contributed by atoms with Crippen LogP contribution >= 0.6 is 0 Å². The molecule has 0 atom stereocenters. The van der Waals surface area contributed by atoms with Gasteiger partial charge in [-0.2, -0.15) is 0 Å². The molecule has 0 amide bonds. The molecule has 1 aromatic carbocycles. The Morgan fingerprint density at radius 2 is 1.65 bits per heavy atom. The van der Waals surface area contributed by atoms with E-state index in [0.29, 0.717) is 0 Å². The third-order valence-corrected chi connectivity index (χ3v) is 4.36. The fraction of sp³-hybridized carbons (Fsp3) is 0.474. The van der Waals surface area contributed by atoms with E-state index in [1.807, 2.05) is 0 Å². The third-order valence-electron chi connectivity index (χ3n) is 4.36. The van der Waals surface area contributed by atoms with Gasteiger partial charge in [0.2, 0.25) is 0 Å². The first-order chi connectivity index (χ1) is 11.2. The van der Waals surface area contributed by atoms with Gasteiger partial charge in [-0.15, -0.1) is 10.2 Å². The second-order valence-electron chi connectivity index (χ2n) is 6.57. The summed E-state index contributed by atoms with van der Waals surface area (Å²) in [6.45, 7) is 3.11. The van der Waals surface area contributed by atoms with Gasteiger partial charge >= 0.3 is 0 Å². The van der Waals surface area contributed by atoms with E-state index >= 15 is 0 Å². The zero-order valence-corrected chi connectivity index (χ0v) is 14.2. The minimum absolute atomic E-state index is 0.908. The highest BCUT2D eigenvalue weighted by atomic mass is 15.3. The van der Waals surface area contributed by atoms with Crippen molar-refractivity contribution in [2.45, 2.75) is 32.2 Å². The molecule has 2 heterocycles. The monoisotopic (exact) mass is 310 g/mol. The summed E-state index contributed by atoms with van der Waals surface area (Å²) in [6, 6.07) is 12.7. The molecule has 1 saturated heterocycles. The normalized spacial score (nSPS) is 15.7. The van der Waals surface area contributed by atoms with Crippen LogP contribution in [0.25, 0.3) is 11.3 Å². The van der Waals surface area contributed by atoms with Crippen LogP contribution in [-0.4, -0.2) is 42.3 Å². The van der Waals surface area contributed by atoms with Crippen molar-refractivity contribution >= 4 is 5.82 Å². The largest absolute Gasteiger partial charge is 0.355 e. The van der Waals surface area contributed by atoms with Gasteiger partial charge in [0.1, 0.15) is 0 Å². The van der Waals surface area contributed by atoms with Crippen molar-refractivity contribution in [1.82, 2.24) is 15.1 Å². The van der Waals surface area contributed by atoms with E-state index in [9.17, 15) is 0 Å². The van der Waals surface area contributed by atoms with Crippen LogP contribution in [0.5, 0.6) is 0 Å². The Morgan fingerprint density at radius 1 is 0.913 bits per heavy atom. The lowest BCUT2D eigenvalue weighted by atomic mass is 10.0. The molecule has 122 valence electrons. The molecule has 0 saturated carbocycles. The Bertz CT molecular complexity index is 614. The summed E-state index contributed by atoms with van der Waals surface area (Å²) in [4.78, 5) is 4.55. The molecule has 0 aliphatic carbocycles. The van der Waals surface area contributed by atoms with E-state index in [0.717, 1.165) is 31.1 Å². The average molecular weight is 310 g/mol. The van der Waals surface area contributed by atoms with Crippen LogP contribution in [0, 0.1) is 0 Å². The lowest BCUT2D eigenvalue weighted by molar-refractivity contribution is 0.403. The Kier molecular flexibility index (Phi) is 5.23. The Labute approximate surface area is 139 Å². The molecule has 0 bridgehead atoms.